The van der Waals surface area contributed by atoms with Gasteiger partial charge in [-0.25, -0.2) is 4.79 Å². The molecule has 2 N–H and O–H groups in total. The minimum atomic E-state index is 0.0399. The highest BCUT2D eigenvalue weighted by molar-refractivity contribution is 5.75. The summed E-state index contributed by atoms with van der Waals surface area (Å²) in [5.41, 5.74) is 2.99. The minimum Gasteiger partial charge on any atom is -0.338 e. The highest BCUT2D eigenvalue weighted by Crippen LogP contribution is 2.47. The van der Waals surface area contributed by atoms with E-state index in [-0.39, 0.29) is 12.2 Å². The number of amides is 2. The summed E-state index contributed by atoms with van der Waals surface area (Å²) >= 11 is 0. The predicted octanol–water partition coefficient (Wildman–Crippen LogP) is 3.04. The highest BCUT2D eigenvalue weighted by atomic mass is 16.2. The number of hydrogen-bond donors (Lipinski definition) is 2. The van der Waals surface area contributed by atoms with E-state index < -0.39 is 0 Å². The number of carbonyl (C=O) groups is 1. The molecule has 6 heteroatoms. The molecule has 1 aliphatic carbocycles. The molecule has 1 aromatic rings. The minimum absolute atomic E-state index is 0.0399. The molecule has 1 spiro atoms. The largest absolute Gasteiger partial charge is 0.338 e. The first kappa shape index (κ1) is 16.9. The van der Waals surface area contributed by atoms with Crippen LogP contribution in [0.5, 0.6) is 0 Å². The number of rotatable bonds is 3. The van der Waals surface area contributed by atoms with Crippen LogP contribution in [0.15, 0.2) is 6.20 Å². The average molecular weight is 345 g/mol. The van der Waals surface area contributed by atoms with Crippen LogP contribution in [0, 0.1) is 5.41 Å². The van der Waals surface area contributed by atoms with Crippen LogP contribution in [0.4, 0.5) is 4.79 Å². The van der Waals surface area contributed by atoms with E-state index in [1.807, 2.05) is 11.1 Å². The third kappa shape index (κ3) is 3.16. The number of urea groups is 1. The fraction of sp³-hybridized carbons (Fsp3) is 0.789. The van der Waals surface area contributed by atoms with Gasteiger partial charge in [0.1, 0.15) is 6.17 Å². The van der Waals surface area contributed by atoms with Crippen molar-refractivity contribution < 1.29 is 4.79 Å². The number of carbonyl (C=O) groups excluding carboxylic acids is 1. The van der Waals surface area contributed by atoms with Gasteiger partial charge in [-0.2, -0.15) is 5.10 Å². The molecule has 138 valence electrons. The standard InChI is InChI=1S/C19H31N5O/c1-2-10-20-18(25)24-11-5-16-15(14-21-22-16)17(24)23-12-8-19(9-13-23)6-3-4-7-19/h14,17H,2-13H2,1H3,(H,20,25)(H,21,22). The predicted molar refractivity (Wildman–Crippen MR) is 97.1 cm³/mol. The van der Waals surface area contributed by atoms with Crippen LogP contribution in [0.2, 0.25) is 0 Å². The summed E-state index contributed by atoms with van der Waals surface area (Å²) in [6, 6.07) is 0.0693. The molecule has 2 fully saturated rings. The molecule has 2 aliphatic heterocycles. The molecule has 2 amide bonds. The zero-order valence-corrected chi connectivity index (χ0v) is 15.4. The van der Waals surface area contributed by atoms with Crippen LogP contribution in [0.25, 0.3) is 0 Å². The van der Waals surface area contributed by atoms with Crippen LogP contribution < -0.4 is 5.32 Å². The molecule has 3 heterocycles. The van der Waals surface area contributed by atoms with Gasteiger partial charge < -0.3 is 10.2 Å². The number of nitrogens with zero attached hydrogens (tertiary/aromatic N) is 3. The van der Waals surface area contributed by atoms with Gasteiger partial charge in [0.2, 0.25) is 0 Å². The number of H-pyrrole nitrogens is 1. The summed E-state index contributed by atoms with van der Waals surface area (Å²) < 4.78 is 0. The Hall–Kier alpha value is -1.56. The SMILES string of the molecule is CCCNC(=O)N1CCc2[nH]ncc2C1N1CCC2(CCCC2)CC1. The number of fused-ring (bicyclic) bond motifs is 1. The lowest BCUT2D eigenvalue weighted by atomic mass is 9.77. The van der Waals surface area contributed by atoms with Crippen LogP contribution >= 0.6 is 0 Å². The summed E-state index contributed by atoms with van der Waals surface area (Å²) in [5, 5.41) is 10.5. The third-order valence-electron chi connectivity index (χ3n) is 6.58. The number of hydrogen-bond acceptors (Lipinski definition) is 3. The molecule has 1 aromatic heterocycles. The second kappa shape index (κ2) is 6.98. The van der Waals surface area contributed by atoms with E-state index in [9.17, 15) is 4.79 Å². The first-order chi connectivity index (χ1) is 12.2. The van der Waals surface area contributed by atoms with E-state index >= 15 is 0 Å². The molecular formula is C19H31N5O. The summed E-state index contributed by atoms with van der Waals surface area (Å²) in [7, 11) is 0. The molecule has 1 atom stereocenters. The van der Waals surface area contributed by atoms with Crippen LogP contribution in [0.3, 0.4) is 0 Å². The van der Waals surface area contributed by atoms with Crippen LogP contribution in [0.1, 0.15) is 69.3 Å². The van der Waals surface area contributed by atoms with E-state index in [0.29, 0.717) is 5.41 Å². The molecule has 4 rings (SSSR count). The molecule has 0 radical (unpaired) electrons. The van der Waals surface area contributed by atoms with E-state index in [1.54, 1.807) is 0 Å². The fourth-order valence-electron chi connectivity index (χ4n) is 5.08. The first-order valence-electron chi connectivity index (χ1n) is 10.0. The Bertz CT molecular complexity index is 597. The fourth-order valence-corrected chi connectivity index (χ4v) is 5.08. The Morgan fingerprint density at radius 3 is 2.76 bits per heavy atom. The second-order valence-corrected chi connectivity index (χ2v) is 8.10. The zero-order chi connectivity index (χ0) is 17.3. The molecule has 25 heavy (non-hydrogen) atoms. The lowest BCUT2D eigenvalue weighted by Gasteiger charge is -2.47. The normalized spacial score (nSPS) is 26.0. The Morgan fingerprint density at radius 2 is 2.04 bits per heavy atom. The van der Waals surface area contributed by atoms with Crippen molar-refractivity contribution in [3.05, 3.63) is 17.5 Å². The van der Waals surface area contributed by atoms with Gasteiger partial charge in [-0.3, -0.25) is 10.00 Å². The first-order valence-corrected chi connectivity index (χ1v) is 10.0. The van der Waals surface area contributed by atoms with Crippen LogP contribution in [-0.4, -0.2) is 52.2 Å². The number of nitrogens with one attached hydrogen (secondary N) is 2. The van der Waals surface area contributed by atoms with Gasteiger partial charge in [0, 0.05) is 43.9 Å². The smallest absolute Gasteiger partial charge is 0.318 e. The van der Waals surface area contributed by atoms with Crippen molar-refractivity contribution in [1.82, 2.24) is 25.3 Å². The lowest BCUT2D eigenvalue weighted by molar-refractivity contribution is 0.00839. The van der Waals surface area contributed by atoms with Gasteiger partial charge in [-0.05, 0) is 37.5 Å². The van der Waals surface area contributed by atoms with Crippen molar-refractivity contribution in [2.45, 2.75) is 64.5 Å². The monoisotopic (exact) mass is 345 g/mol. The third-order valence-corrected chi connectivity index (χ3v) is 6.58. The summed E-state index contributed by atoms with van der Waals surface area (Å²) in [5.74, 6) is 0. The topological polar surface area (TPSA) is 64.3 Å². The molecule has 1 saturated carbocycles. The van der Waals surface area contributed by atoms with Gasteiger partial charge in [-0.15, -0.1) is 0 Å². The Morgan fingerprint density at radius 1 is 1.28 bits per heavy atom. The van der Waals surface area contributed by atoms with Gasteiger partial charge >= 0.3 is 6.03 Å². The quantitative estimate of drug-likeness (QED) is 0.885. The number of aromatic amines is 1. The molecule has 1 saturated heterocycles. The van der Waals surface area contributed by atoms with Crippen molar-refractivity contribution in [2.24, 2.45) is 5.41 Å². The van der Waals surface area contributed by atoms with E-state index in [4.69, 9.17) is 0 Å². The van der Waals surface area contributed by atoms with E-state index in [0.717, 1.165) is 39.0 Å². The van der Waals surface area contributed by atoms with Gasteiger partial charge in [0.15, 0.2) is 0 Å². The molecule has 3 aliphatic rings. The summed E-state index contributed by atoms with van der Waals surface area (Å²) in [6.07, 6.45) is 12.0. The molecule has 0 aromatic carbocycles. The molecule has 0 bridgehead atoms. The van der Waals surface area contributed by atoms with E-state index in [2.05, 4.69) is 27.3 Å². The van der Waals surface area contributed by atoms with Gasteiger partial charge in [0.05, 0.1) is 6.20 Å². The number of aromatic nitrogens is 2. The zero-order valence-electron chi connectivity index (χ0n) is 15.4. The maximum atomic E-state index is 12.7. The highest BCUT2D eigenvalue weighted by Gasteiger charge is 2.42. The molecular weight excluding hydrogens is 314 g/mol. The van der Waals surface area contributed by atoms with Crippen molar-refractivity contribution >= 4 is 6.03 Å². The van der Waals surface area contributed by atoms with Gasteiger partial charge in [0.25, 0.3) is 0 Å². The average Bonchev–Trinajstić information content (AvgIpc) is 3.29. The summed E-state index contributed by atoms with van der Waals surface area (Å²) in [4.78, 5) is 17.3. The lowest BCUT2D eigenvalue weighted by Crippen LogP contribution is -2.53. The maximum Gasteiger partial charge on any atom is 0.318 e. The Balaban J connectivity index is 1.52. The second-order valence-electron chi connectivity index (χ2n) is 8.10. The van der Waals surface area contributed by atoms with Crippen molar-refractivity contribution in [2.75, 3.05) is 26.2 Å². The molecule has 6 nitrogen and oxygen atoms in total. The van der Waals surface area contributed by atoms with Crippen molar-refractivity contribution in [3.63, 3.8) is 0 Å². The summed E-state index contributed by atoms with van der Waals surface area (Å²) in [6.45, 7) is 5.77. The maximum absolute atomic E-state index is 12.7. The van der Waals surface area contributed by atoms with Crippen molar-refractivity contribution in [3.8, 4) is 0 Å². The van der Waals surface area contributed by atoms with E-state index in [1.165, 1.54) is 49.8 Å². The van der Waals surface area contributed by atoms with Crippen molar-refractivity contribution in [1.29, 1.82) is 0 Å². The number of piperidine rings is 1. The Kier molecular flexibility index (Phi) is 4.71. The van der Waals surface area contributed by atoms with Crippen LogP contribution in [-0.2, 0) is 6.42 Å². The molecule has 1 unspecified atom stereocenters. The number of likely N-dealkylation sites (tertiary alicyclic amines) is 1. The Labute approximate surface area is 150 Å². The van der Waals surface area contributed by atoms with Gasteiger partial charge in [-0.1, -0.05) is 19.8 Å².